The molecule has 2 N–H and O–H groups in total. The minimum absolute atomic E-state index is 0.169. The molecule has 1 aromatic carbocycles. The van der Waals surface area contributed by atoms with Crippen LogP contribution in [0.2, 0.25) is 0 Å². The zero-order valence-electron chi connectivity index (χ0n) is 9.02. The Morgan fingerprint density at radius 3 is 2.62 bits per heavy atom. The van der Waals surface area contributed by atoms with Crippen molar-refractivity contribution in [2.24, 2.45) is 0 Å². The maximum absolute atomic E-state index is 13.2. The molecule has 0 unspecified atom stereocenters. The number of halogens is 1. The number of ether oxygens (including phenoxy) is 2. The van der Waals surface area contributed by atoms with Gasteiger partial charge in [0.15, 0.2) is 0 Å². The van der Waals surface area contributed by atoms with Gasteiger partial charge in [-0.25, -0.2) is 4.39 Å². The minimum Gasteiger partial charge on any atom is -0.491 e. The van der Waals surface area contributed by atoms with Crippen LogP contribution in [0.4, 0.5) is 4.39 Å². The van der Waals surface area contributed by atoms with Gasteiger partial charge in [0.25, 0.3) is 0 Å². The van der Waals surface area contributed by atoms with Gasteiger partial charge in [0, 0.05) is 18.1 Å². The summed E-state index contributed by atoms with van der Waals surface area (Å²) >= 11 is 0. The zero-order valence-corrected chi connectivity index (χ0v) is 9.02. The average Bonchev–Trinajstić information content (AvgIpc) is 2.24. The molecule has 1 rings (SSSR count). The third-order valence-electron chi connectivity index (χ3n) is 1.95. The van der Waals surface area contributed by atoms with E-state index in [4.69, 9.17) is 19.5 Å². The summed E-state index contributed by atoms with van der Waals surface area (Å²) in [5, 5.41) is 17.6. The van der Waals surface area contributed by atoms with Crippen molar-refractivity contribution < 1.29 is 23.9 Å². The van der Waals surface area contributed by atoms with E-state index >= 15 is 0 Å². The third-order valence-corrected chi connectivity index (χ3v) is 1.95. The molecule has 88 valence electrons. The predicted octanol–water partition coefficient (Wildman–Crippen LogP) is -0.0792. The Morgan fingerprint density at radius 2 is 2.06 bits per heavy atom. The second kappa shape index (κ2) is 6.47. The molecule has 0 radical (unpaired) electrons. The highest BCUT2D eigenvalue weighted by Gasteiger charge is 2.16. The highest BCUT2D eigenvalue weighted by Crippen LogP contribution is 2.10. The molecule has 0 aliphatic carbocycles. The standard InChI is InChI=1S/C10H14BFO4/c1-2-15-5-6-16-8-3-4-9(11(13)14)10(12)7-8/h3-4,7,13-14H,2,5-6H2,1H3. The average molecular weight is 228 g/mol. The van der Waals surface area contributed by atoms with E-state index in [-0.39, 0.29) is 5.46 Å². The van der Waals surface area contributed by atoms with Gasteiger partial charge in [-0.05, 0) is 13.0 Å². The van der Waals surface area contributed by atoms with Gasteiger partial charge >= 0.3 is 7.12 Å². The molecule has 0 saturated heterocycles. The first-order valence-electron chi connectivity index (χ1n) is 5.01. The Hall–Kier alpha value is -1.11. The van der Waals surface area contributed by atoms with Crippen LogP contribution in [0.1, 0.15) is 6.92 Å². The molecule has 0 aliphatic heterocycles. The molecule has 16 heavy (non-hydrogen) atoms. The second-order valence-electron chi connectivity index (χ2n) is 3.10. The van der Waals surface area contributed by atoms with Crippen LogP contribution in [0.15, 0.2) is 18.2 Å². The van der Waals surface area contributed by atoms with Gasteiger partial charge in [-0.1, -0.05) is 6.07 Å². The van der Waals surface area contributed by atoms with E-state index in [2.05, 4.69) is 0 Å². The van der Waals surface area contributed by atoms with Gasteiger partial charge in [0.1, 0.15) is 18.2 Å². The summed E-state index contributed by atoms with van der Waals surface area (Å²) < 4.78 is 23.5. The molecule has 0 bridgehead atoms. The lowest BCUT2D eigenvalue weighted by Crippen LogP contribution is -2.32. The molecule has 0 spiro atoms. The lowest BCUT2D eigenvalue weighted by molar-refractivity contribution is 0.110. The molecule has 0 aromatic heterocycles. The SMILES string of the molecule is CCOCCOc1ccc(B(O)O)c(F)c1. The van der Waals surface area contributed by atoms with Crippen molar-refractivity contribution in [3.8, 4) is 5.75 Å². The monoisotopic (exact) mass is 228 g/mol. The summed E-state index contributed by atoms with van der Waals surface area (Å²) in [5.41, 5.74) is -0.169. The van der Waals surface area contributed by atoms with Crippen molar-refractivity contribution in [3.05, 3.63) is 24.0 Å². The van der Waals surface area contributed by atoms with Gasteiger partial charge in [-0.2, -0.15) is 0 Å². The van der Waals surface area contributed by atoms with Crippen LogP contribution in [0.5, 0.6) is 5.75 Å². The van der Waals surface area contributed by atoms with Crippen molar-refractivity contribution in [3.63, 3.8) is 0 Å². The van der Waals surface area contributed by atoms with Gasteiger partial charge in [0.2, 0.25) is 0 Å². The molecule has 0 amide bonds. The molecule has 6 heteroatoms. The second-order valence-corrected chi connectivity index (χ2v) is 3.10. The van der Waals surface area contributed by atoms with E-state index in [1.54, 1.807) is 0 Å². The van der Waals surface area contributed by atoms with Crippen molar-refractivity contribution in [2.45, 2.75) is 6.92 Å². The lowest BCUT2D eigenvalue weighted by Gasteiger charge is -2.08. The Morgan fingerprint density at radius 1 is 1.31 bits per heavy atom. The fraction of sp³-hybridized carbons (Fsp3) is 0.400. The van der Waals surface area contributed by atoms with E-state index in [1.165, 1.54) is 12.1 Å². The van der Waals surface area contributed by atoms with Crippen LogP contribution >= 0.6 is 0 Å². The summed E-state index contributed by atoms with van der Waals surface area (Å²) in [6.45, 7) is 3.24. The number of hydrogen-bond donors (Lipinski definition) is 2. The fourth-order valence-corrected chi connectivity index (χ4v) is 1.17. The van der Waals surface area contributed by atoms with Crippen LogP contribution in [0.25, 0.3) is 0 Å². The van der Waals surface area contributed by atoms with Crippen molar-refractivity contribution in [1.29, 1.82) is 0 Å². The Balaban J connectivity index is 2.53. The van der Waals surface area contributed by atoms with Gasteiger partial charge in [0.05, 0.1) is 6.61 Å². The highest BCUT2D eigenvalue weighted by atomic mass is 19.1. The van der Waals surface area contributed by atoms with Crippen molar-refractivity contribution in [1.82, 2.24) is 0 Å². The van der Waals surface area contributed by atoms with Gasteiger partial charge < -0.3 is 19.5 Å². The first-order valence-corrected chi connectivity index (χ1v) is 5.01. The van der Waals surface area contributed by atoms with Crippen LogP contribution in [-0.4, -0.2) is 37.0 Å². The van der Waals surface area contributed by atoms with Gasteiger partial charge in [-0.3, -0.25) is 0 Å². The maximum atomic E-state index is 13.2. The molecule has 1 aromatic rings. The third kappa shape index (κ3) is 3.81. The predicted molar refractivity (Wildman–Crippen MR) is 58.2 cm³/mol. The smallest absolute Gasteiger partial charge is 0.491 e. The first kappa shape index (κ1) is 13.0. The van der Waals surface area contributed by atoms with E-state index in [1.807, 2.05) is 6.92 Å². The van der Waals surface area contributed by atoms with E-state index < -0.39 is 12.9 Å². The minimum atomic E-state index is -1.81. The molecule has 0 aliphatic rings. The lowest BCUT2D eigenvalue weighted by atomic mass is 9.80. The maximum Gasteiger partial charge on any atom is 0.491 e. The molecule has 0 fully saturated rings. The summed E-state index contributed by atoms with van der Waals surface area (Å²) in [5.74, 6) is -0.370. The normalized spacial score (nSPS) is 10.2. The highest BCUT2D eigenvalue weighted by molar-refractivity contribution is 6.58. The van der Waals surface area contributed by atoms with Crippen LogP contribution in [0.3, 0.4) is 0 Å². The van der Waals surface area contributed by atoms with Crippen LogP contribution in [-0.2, 0) is 4.74 Å². The molecular weight excluding hydrogens is 214 g/mol. The van der Waals surface area contributed by atoms with E-state index in [9.17, 15) is 4.39 Å². The molecule has 0 heterocycles. The first-order chi connectivity index (χ1) is 7.65. The summed E-state index contributed by atoms with van der Waals surface area (Å²) in [4.78, 5) is 0. The quantitative estimate of drug-likeness (QED) is 0.528. The molecule has 0 saturated carbocycles. The Kier molecular flexibility index (Phi) is 5.24. The van der Waals surface area contributed by atoms with Crippen molar-refractivity contribution >= 4 is 12.6 Å². The molecular formula is C10H14BFO4. The Labute approximate surface area is 93.8 Å². The Bertz CT molecular complexity index is 333. The topological polar surface area (TPSA) is 58.9 Å². The van der Waals surface area contributed by atoms with E-state index in [0.717, 1.165) is 6.07 Å². The zero-order chi connectivity index (χ0) is 12.0. The summed E-state index contributed by atoms with van der Waals surface area (Å²) in [6.07, 6.45) is 0. The fourth-order valence-electron chi connectivity index (χ4n) is 1.17. The van der Waals surface area contributed by atoms with Crippen LogP contribution < -0.4 is 10.2 Å². The molecule has 0 atom stereocenters. The largest absolute Gasteiger partial charge is 0.491 e. The summed E-state index contributed by atoms with van der Waals surface area (Å²) in [7, 11) is -1.81. The van der Waals surface area contributed by atoms with E-state index in [0.29, 0.717) is 25.6 Å². The number of benzene rings is 1. The summed E-state index contributed by atoms with van der Waals surface area (Å²) in [6, 6.07) is 3.86. The number of rotatable bonds is 6. The number of hydrogen-bond acceptors (Lipinski definition) is 4. The van der Waals surface area contributed by atoms with Gasteiger partial charge in [-0.15, -0.1) is 0 Å². The van der Waals surface area contributed by atoms with Crippen LogP contribution in [0, 0.1) is 5.82 Å². The molecule has 4 nitrogen and oxygen atoms in total. The van der Waals surface area contributed by atoms with Crippen molar-refractivity contribution in [2.75, 3.05) is 19.8 Å².